The molecule has 154 valence electrons. The van der Waals surface area contributed by atoms with Crippen LogP contribution in [0.5, 0.6) is 11.5 Å². The van der Waals surface area contributed by atoms with Gasteiger partial charge in [-0.25, -0.2) is 0 Å². The number of fused-ring (bicyclic) bond motifs is 1. The lowest BCUT2D eigenvalue weighted by molar-refractivity contribution is -0.387. The molecule has 2 aromatic rings. The van der Waals surface area contributed by atoms with Crippen LogP contribution in [0.2, 0.25) is 0 Å². The highest BCUT2D eigenvalue weighted by Crippen LogP contribution is 2.38. The van der Waals surface area contributed by atoms with Gasteiger partial charge in [-0.1, -0.05) is 0 Å². The zero-order chi connectivity index (χ0) is 21.1. The smallest absolute Gasteiger partial charge is 0.306 e. The quantitative estimate of drug-likeness (QED) is 0.537. The second-order valence-corrected chi connectivity index (χ2v) is 6.80. The number of nitrogens with one attached hydrogen (secondary N) is 2. The average molecular weight is 403 g/mol. The van der Waals surface area contributed by atoms with Crippen LogP contribution in [0.1, 0.15) is 26.3 Å². The first-order valence-electron chi connectivity index (χ1n) is 9.26. The highest BCUT2D eigenvalue weighted by Gasteiger charge is 2.24. The standard InChI is InChI=1S/C20H22FN3O5/c1-4-28-19-8-13-7-11(2)29-18(13)10-16(19)22-12(3)20(25)23-14-5-6-15(21)17(9-14)24(26)27/h5-6,8-12,22H,4,7H2,1-3H3,(H,23,25)/t11-,12+/m0/s1. The van der Waals surface area contributed by atoms with Gasteiger partial charge in [-0.3, -0.25) is 14.9 Å². The van der Waals surface area contributed by atoms with Crippen molar-refractivity contribution in [3.63, 3.8) is 0 Å². The van der Waals surface area contributed by atoms with Gasteiger partial charge in [0.15, 0.2) is 0 Å². The van der Waals surface area contributed by atoms with E-state index in [-0.39, 0.29) is 11.8 Å². The molecule has 9 heteroatoms. The Hall–Kier alpha value is -3.36. The first kappa shape index (κ1) is 20.4. The predicted octanol–water partition coefficient (Wildman–Crippen LogP) is 3.90. The molecule has 29 heavy (non-hydrogen) atoms. The molecular weight excluding hydrogens is 381 g/mol. The fourth-order valence-corrected chi connectivity index (χ4v) is 3.11. The summed E-state index contributed by atoms with van der Waals surface area (Å²) in [6.07, 6.45) is 0.861. The Balaban J connectivity index is 1.75. The lowest BCUT2D eigenvalue weighted by Crippen LogP contribution is -2.32. The van der Waals surface area contributed by atoms with Gasteiger partial charge in [0.05, 0.1) is 17.2 Å². The third-order valence-electron chi connectivity index (χ3n) is 4.47. The van der Waals surface area contributed by atoms with Crippen LogP contribution >= 0.6 is 0 Å². The van der Waals surface area contributed by atoms with Crippen LogP contribution in [-0.2, 0) is 11.2 Å². The van der Waals surface area contributed by atoms with Crippen molar-refractivity contribution in [2.45, 2.75) is 39.3 Å². The number of benzene rings is 2. The molecule has 2 N–H and O–H groups in total. The fraction of sp³-hybridized carbons (Fsp3) is 0.350. The molecule has 0 aromatic heterocycles. The van der Waals surface area contributed by atoms with Gasteiger partial charge in [0, 0.05) is 29.8 Å². The molecule has 2 atom stereocenters. The van der Waals surface area contributed by atoms with Gasteiger partial charge in [-0.05, 0) is 39.0 Å². The molecule has 1 heterocycles. The van der Waals surface area contributed by atoms with Crippen molar-refractivity contribution >= 4 is 23.0 Å². The van der Waals surface area contributed by atoms with Crippen LogP contribution in [0, 0.1) is 15.9 Å². The maximum Gasteiger partial charge on any atom is 0.306 e. The maximum atomic E-state index is 13.5. The van der Waals surface area contributed by atoms with E-state index >= 15 is 0 Å². The summed E-state index contributed by atoms with van der Waals surface area (Å²) in [5.41, 5.74) is 1.08. The minimum absolute atomic E-state index is 0.0738. The molecule has 1 aliphatic heterocycles. The van der Waals surface area contributed by atoms with Crippen LogP contribution < -0.4 is 20.1 Å². The Bertz CT molecular complexity index is 950. The van der Waals surface area contributed by atoms with E-state index in [9.17, 15) is 19.3 Å². The topological polar surface area (TPSA) is 103 Å². The monoisotopic (exact) mass is 403 g/mol. The van der Waals surface area contributed by atoms with Crippen LogP contribution in [0.3, 0.4) is 0 Å². The highest BCUT2D eigenvalue weighted by molar-refractivity contribution is 5.96. The largest absolute Gasteiger partial charge is 0.492 e. The molecule has 3 rings (SSSR count). The molecule has 0 radical (unpaired) electrons. The van der Waals surface area contributed by atoms with Crippen molar-refractivity contribution < 1.29 is 23.6 Å². The Morgan fingerprint density at radius 3 is 2.86 bits per heavy atom. The van der Waals surface area contributed by atoms with Crippen molar-refractivity contribution in [2.24, 2.45) is 0 Å². The van der Waals surface area contributed by atoms with Gasteiger partial charge in [0.2, 0.25) is 11.7 Å². The molecule has 8 nitrogen and oxygen atoms in total. The molecule has 0 saturated carbocycles. The van der Waals surface area contributed by atoms with Crippen LogP contribution in [0.25, 0.3) is 0 Å². The van der Waals surface area contributed by atoms with Gasteiger partial charge in [0.25, 0.3) is 0 Å². The van der Waals surface area contributed by atoms with E-state index in [1.54, 1.807) is 13.0 Å². The van der Waals surface area contributed by atoms with Gasteiger partial charge >= 0.3 is 5.69 Å². The summed E-state index contributed by atoms with van der Waals surface area (Å²) in [6.45, 7) is 5.95. The molecule has 0 aliphatic carbocycles. The summed E-state index contributed by atoms with van der Waals surface area (Å²) in [5, 5.41) is 16.5. The van der Waals surface area contributed by atoms with Crippen molar-refractivity contribution in [3.05, 3.63) is 51.8 Å². The lowest BCUT2D eigenvalue weighted by atomic mass is 10.1. The zero-order valence-corrected chi connectivity index (χ0v) is 16.3. The third-order valence-corrected chi connectivity index (χ3v) is 4.47. The van der Waals surface area contributed by atoms with Crippen LogP contribution in [0.4, 0.5) is 21.5 Å². The van der Waals surface area contributed by atoms with Crippen molar-refractivity contribution in [1.29, 1.82) is 0 Å². The molecule has 1 amide bonds. The molecule has 1 aliphatic rings. The number of halogens is 1. The van der Waals surface area contributed by atoms with E-state index in [2.05, 4.69) is 10.6 Å². The van der Waals surface area contributed by atoms with Crippen LogP contribution in [-0.4, -0.2) is 29.6 Å². The maximum absolute atomic E-state index is 13.5. The predicted molar refractivity (Wildman–Crippen MR) is 106 cm³/mol. The van der Waals surface area contributed by atoms with Crippen molar-refractivity contribution in [3.8, 4) is 11.5 Å². The summed E-state index contributed by atoms with van der Waals surface area (Å²) < 4.78 is 24.9. The summed E-state index contributed by atoms with van der Waals surface area (Å²) in [6, 6.07) is 6.20. The lowest BCUT2D eigenvalue weighted by Gasteiger charge is -2.19. The van der Waals surface area contributed by atoms with Crippen molar-refractivity contribution in [1.82, 2.24) is 0 Å². The SMILES string of the molecule is CCOc1cc2c(cc1N[C@H](C)C(=O)Nc1ccc(F)c([N+](=O)[O-])c1)O[C@@H](C)C2. The number of ether oxygens (including phenoxy) is 2. The first-order valence-corrected chi connectivity index (χ1v) is 9.26. The molecule has 0 spiro atoms. The number of nitro benzene ring substituents is 1. The van der Waals surface area contributed by atoms with Crippen LogP contribution in [0.15, 0.2) is 30.3 Å². The first-order chi connectivity index (χ1) is 13.8. The van der Waals surface area contributed by atoms with Crippen molar-refractivity contribution in [2.75, 3.05) is 17.2 Å². The number of amides is 1. The van der Waals surface area contributed by atoms with E-state index in [1.165, 1.54) is 6.07 Å². The minimum atomic E-state index is -0.965. The number of carbonyl (C=O) groups excluding carboxylic acids is 1. The van der Waals surface area contributed by atoms with Gasteiger partial charge in [0.1, 0.15) is 23.6 Å². The number of hydrogen-bond acceptors (Lipinski definition) is 6. The Labute approximate surface area is 167 Å². The summed E-state index contributed by atoms with van der Waals surface area (Å²) >= 11 is 0. The normalized spacial score (nSPS) is 15.8. The van der Waals surface area contributed by atoms with E-state index in [0.29, 0.717) is 18.0 Å². The van der Waals surface area contributed by atoms with E-state index < -0.39 is 28.4 Å². The van der Waals surface area contributed by atoms with Gasteiger partial charge in [-0.2, -0.15) is 4.39 Å². The summed E-state index contributed by atoms with van der Waals surface area (Å²) in [5.74, 6) is -0.0534. The summed E-state index contributed by atoms with van der Waals surface area (Å²) in [4.78, 5) is 22.6. The number of nitrogens with zero attached hydrogens (tertiary/aromatic N) is 1. The van der Waals surface area contributed by atoms with E-state index in [0.717, 1.165) is 29.9 Å². The molecule has 0 bridgehead atoms. The minimum Gasteiger partial charge on any atom is -0.492 e. The number of anilines is 2. The van der Waals surface area contributed by atoms with Gasteiger partial charge < -0.3 is 20.1 Å². The molecule has 2 aromatic carbocycles. The second kappa shape index (κ2) is 8.34. The summed E-state index contributed by atoms with van der Waals surface area (Å²) in [7, 11) is 0. The molecule has 0 fully saturated rings. The molecule has 0 unspecified atom stereocenters. The highest BCUT2D eigenvalue weighted by atomic mass is 19.1. The third kappa shape index (κ3) is 4.56. The Kier molecular flexibility index (Phi) is 5.86. The average Bonchev–Trinajstić information content (AvgIpc) is 3.02. The number of rotatable bonds is 7. The molecule has 0 saturated heterocycles. The Morgan fingerprint density at radius 2 is 2.17 bits per heavy atom. The second-order valence-electron chi connectivity index (χ2n) is 6.80. The van der Waals surface area contributed by atoms with E-state index in [1.807, 2.05) is 19.9 Å². The molecular formula is C20H22FN3O5. The fourth-order valence-electron chi connectivity index (χ4n) is 3.11. The van der Waals surface area contributed by atoms with E-state index in [4.69, 9.17) is 9.47 Å². The number of carbonyl (C=O) groups is 1. The zero-order valence-electron chi connectivity index (χ0n) is 16.3. The Morgan fingerprint density at radius 1 is 1.41 bits per heavy atom. The van der Waals surface area contributed by atoms with Gasteiger partial charge in [-0.15, -0.1) is 0 Å². The number of hydrogen-bond donors (Lipinski definition) is 2. The number of nitro groups is 1.